The maximum Gasteiger partial charge on any atom is 0.160 e. The fourth-order valence-electron chi connectivity index (χ4n) is 1.51. The van der Waals surface area contributed by atoms with Gasteiger partial charge in [0.2, 0.25) is 0 Å². The lowest BCUT2D eigenvalue weighted by molar-refractivity contribution is 0.627. The molecule has 0 amide bonds. The molecule has 2 aromatic carbocycles. The van der Waals surface area contributed by atoms with Gasteiger partial charge in [0.25, 0.3) is 0 Å². The number of hydrogen-bond acceptors (Lipinski definition) is 1. The summed E-state index contributed by atoms with van der Waals surface area (Å²) in [6, 6.07) is 7.24. The number of anilines is 1. The number of halogens is 5. The average molecular weight is 323 g/mol. The zero-order chi connectivity index (χ0) is 14.0. The van der Waals surface area contributed by atoms with Crippen molar-refractivity contribution in [1.82, 2.24) is 0 Å². The summed E-state index contributed by atoms with van der Waals surface area (Å²) in [6.07, 6.45) is 0. The predicted molar refractivity (Wildman–Crippen MR) is 75.2 cm³/mol. The average Bonchev–Trinajstić information content (AvgIpc) is 2.37. The van der Waals surface area contributed by atoms with Crippen LogP contribution in [0.1, 0.15) is 5.56 Å². The monoisotopic (exact) mass is 321 g/mol. The molecule has 0 bridgehead atoms. The predicted octanol–water partition coefficient (Wildman–Crippen LogP) is 5.54. The van der Waals surface area contributed by atoms with E-state index in [1.54, 1.807) is 6.07 Å². The summed E-state index contributed by atoms with van der Waals surface area (Å²) >= 11 is 17.0. The van der Waals surface area contributed by atoms with Gasteiger partial charge in [-0.3, -0.25) is 0 Å². The lowest BCUT2D eigenvalue weighted by Gasteiger charge is -2.09. The van der Waals surface area contributed by atoms with Crippen molar-refractivity contribution in [1.29, 1.82) is 0 Å². The lowest BCUT2D eigenvalue weighted by atomic mass is 10.2. The molecule has 19 heavy (non-hydrogen) atoms. The minimum Gasteiger partial charge on any atom is -0.381 e. The van der Waals surface area contributed by atoms with E-state index in [9.17, 15) is 8.78 Å². The first-order valence-corrected chi connectivity index (χ1v) is 6.43. The van der Waals surface area contributed by atoms with E-state index in [1.165, 1.54) is 24.3 Å². The van der Waals surface area contributed by atoms with Crippen LogP contribution in [0.3, 0.4) is 0 Å². The first kappa shape index (κ1) is 14.4. The van der Waals surface area contributed by atoms with E-state index < -0.39 is 11.6 Å². The Morgan fingerprint density at radius 1 is 0.895 bits per heavy atom. The molecule has 0 saturated heterocycles. The smallest absolute Gasteiger partial charge is 0.160 e. The quantitative estimate of drug-likeness (QED) is 0.732. The number of nitrogens with one attached hydrogen (secondary N) is 1. The Bertz CT molecular complexity index is 594. The molecule has 0 radical (unpaired) electrons. The maximum absolute atomic E-state index is 13.2. The molecule has 2 rings (SSSR count). The van der Waals surface area contributed by atoms with Gasteiger partial charge in [-0.1, -0.05) is 40.9 Å². The largest absolute Gasteiger partial charge is 0.381 e. The Balaban J connectivity index is 2.12. The van der Waals surface area contributed by atoms with Crippen molar-refractivity contribution in [2.45, 2.75) is 6.54 Å². The molecule has 6 heteroatoms. The van der Waals surface area contributed by atoms with E-state index in [-0.39, 0.29) is 15.1 Å². The van der Waals surface area contributed by atoms with Crippen molar-refractivity contribution in [3.05, 3.63) is 62.6 Å². The molecular formula is C13H8Cl3F2N. The summed E-state index contributed by atoms with van der Waals surface area (Å²) in [7, 11) is 0. The van der Waals surface area contributed by atoms with Gasteiger partial charge >= 0.3 is 0 Å². The minimum atomic E-state index is -0.654. The van der Waals surface area contributed by atoms with E-state index in [4.69, 9.17) is 34.8 Å². The molecule has 0 aliphatic carbocycles. The summed E-state index contributed by atoms with van der Waals surface area (Å²) in [5.74, 6) is -1.13. The van der Waals surface area contributed by atoms with Gasteiger partial charge in [-0.2, -0.15) is 0 Å². The van der Waals surface area contributed by atoms with E-state index in [0.29, 0.717) is 12.2 Å². The molecule has 0 spiro atoms. The molecule has 0 aromatic heterocycles. The zero-order valence-corrected chi connectivity index (χ0v) is 11.8. The third kappa shape index (κ3) is 3.50. The van der Waals surface area contributed by atoms with Crippen LogP contribution in [0, 0.1) is 11.6 Å². The SMILES string of the molecule is Fc1ccc(CNc2cc(Cl)c(F)c(Cl)c2)cc1Cl. The Morgan fingerprint density at radius 2 is 1.53 bits per heavy atom. The van der Waals surface area contributed by atoms with Crippen molar-refractivity contribution >= 4 is 40.5 Å². The second kappa shape index (κ2) is 5.95. The highest BCUT2D eigenvalue weighted by Gasteiger charge is 2.07. The van der Waals surface area contributed by atoms with Crippen LogP contribution in [-0.4, -0.2) is 0 Å². The standard InChI is InChI=1S/C13H8Cl3F2N/c14-9-3-7(1-2-12(9)17)6-19-8-4-10(15)13(18)11(16)5-8/h1-5,19H,6H2. The molecule has 0 atom stereocenters. The van der Waals surface area contributed by atoms with Gasteiger partial charge in [0.05, 0.1) is 15.1 Å². The fraction of sp³-hybridized carbons (Fsp3) is 0.0769. The summed E-state index contributed by atoms with van der Waals surface area (Å²) < 4.78 is 26.2. The summed E-state index contributed by atoms with van der Waals surface area (Å²) in [5, 5.41) is 2.92. The van der Waals surface area contributed by atoms with Gasteiger partial charge in [0, 0.05) is 12.2 Å². The fourth-order valence-corrected chi connectivity index (χ4v) is 2.20. The molecule has 1 N–H and O–H groups in total. The molecule has 0 saturated carbocycles. The van der Waals surface area contributed by atoms with Crippen LogP contribution in [0.4, 0.5) is 14.5 Å². The Hall–Kier alpha value is -1.03. The van der Waals surface area contributed by atoms with Crippen molar-refractivity contribution in [2.75, 3.05) is 5.32 Å². The highest BCUT2D eigenvalue weighted by atomic mass is 35.5. The molecule has 0 heterocycles. The highest BCUT2D eigenvalue weighted by molar-refractivity contribution is 6.35. The highest BCUT2D eigenvalue weighted by Crippen LogP contribution is 2.27. The van der Waals surface area contributed by atoms with Crippen molar-refractivity contribution in [2.24, 2.45) is 0 Å². The van der Waals surface area contributed by atoms with Crippen LogP contribution in [0.25, 0.3) is 0 Å². The van der Waals surface area contributed by atoms with Gasteiger partial charge in [0.15, 0.2) is 5.82 Å². The second-order valence-corrected chi connectivity index (χ2v) is 5.08. The summed E-state index contributed by atoms with van der Waals surface area (Å²) in [4.78, 5) is 0. The Morgan fingerprint density at radius 3 is 2.11 bits per heavy atom. The van der Waals surface area contributed by atoms with Crippen LogP contribution in [0.5, 0.6) is 0 Å². The van der Waals surface area contributed by atoms with Gasteiger partial charge < -0.3 is 5.32 Å². The van der Waals surface area contributed by atoms with Gasteiger partial charge in [-0.05, 0) is 29.8 Å². The molecule has 100 valence electrons. The third-order valence-electron chi connectivity index (χ3n) is 2.46. The molecule has 1 nitrogen and oxygen atoms in total. The second-order valence-electron chi connectivity index (χ2n) is 3.86. The number of rotatable bonds is 3. The number of hydrogen-bond donors (Lipinski definition) is 1. The molecule has 0 unspecified atom stereocenters. The zero-order valence-electron chi connectivity index (χ0n) is 9.48. The van der Waals surface area contributed by atoms with E-state index in [2.05, 4.69) is 5.32 Å². The molecule has 0 aliphatic heterocycles. The minimum absolute atomic E-state index is 0.0504. The molecule has 0 aliphatic rings. The van der Waals surface area contributed by atoms with Gasteiger partial charge in [-0.25, -0.2) is 8.78 Å². The maximum atomic E-state index is 13.2. The van der Waals surface area contributed by atoms with E-state index in [1.807, 2.05) is 0 Å². The van der Waals surface area contributed by atoms with Crippen LogP contribution in [-0.2, 0) is 6.54 Å². The van der Waals surface area contributed by atoms with Crippen molar-refractivity contribution in [3.63, 3.8) is 0 Å². The first-order valence-electron chi connectivity index (χ1n) is 5.29. The lowest BCUT2D eigenvalue weighted by Crippen LogP contribution is -2.00. The molecule has 2 aromatic rings. The number of benzene rings is 2. The van der Waals surface area contributed by atoms with E-state index >= 15 is 0 Å². The van der Waals surface area contributed by atoms with E-state index in [0.717, 1.165) is 5.56 Å². The Labute approximate surface area is 124 Å². The summed E-state index contributed by atoms with van der Waals surface area (Å²) in [6.45, 7) is 0.387. The van der Waals surface area contributed by atoms with Crippen molar-refractivity contribution < 1.29 is 8.78 Å². The topological polar surface area (TPSA) is 12.0 Å². The van der Waals surface area contributed by atoms with Gasteiger partial charge in [-0.15, -0.1) is 0 Å². The van der Waals surface area contributed by atoms with Crippen LogP contribution in [0.2, 0.25) is 15.1 Å². The van der Waals surface area contributed by atoms with Crippen LogP contribution >= 0.6 is 34.8 Å². The van der Waals surface area contributed by atoms with Crippen LogP contribution < -0.4 is 5.32 Å². The van der Waals surface area contributed by atoms with Crippen LogP contribution in [0.15, 0.2) is 30.3 Å². The Kier molecular flexibility index (Phi) is 4.50. The molecular weight excluding hydrogens is 315 g/mol. The summed E-state index contributed by atoms with van der Waals surface area (Å²) in [5.41, 5.74) is 1.35. The molecule has 0 fully saturated rings. The van der Waals surface area contributed by atoms with Crippen molar-refractivity contribution in [3.8, 4) is 0 Å². The first-order chi connectivity index (χ1) is 8.97. The normalized spacial score (nSPS) is 10.6. The third-order valence-corrected chi connectivity index (χ3v) is 3.30. The van der Waals surface area contributed by atoms with Gasteiger partial charge in [0.1, 0.15) is 5.82 Å².